The van der Waals surface area contributed by atoms with Gasteiger partial charge in [0.05, 0.1) is 30.4 Å². The van der Waals surface area contributed by atoms with Gasteiger partial charge in [-0.05, 0) is 37.1 Å². The van der Waals surface area contributed by atoms with Gasteiger partial charge in [-0.25, -0.2) is 0 Å². The second-order valence-corrected chi connectivity index (χ2v) is 8.68. The molecule has 4 rings (SSSR count). The van der Waals surface area contributed by atoms with Crippen molar-refractivity contribution in [2.45, 2.75) is 13.3 Å². The fourth-order valence-electron chi connectivity index (χ4n) is 3.83. The molecule has 6 nitrogen and oxygen atoms in total. The minimum absolute atomic E-state index is 0.149. The number of fused-ring (bicyclic) bond motifs is 1. The van der Waals surface area contributed by atoms with Crippen LogP contribution in [0.4, 0.5) is 5.69 Å². The Morgan fingerprint density at radius 2 is 1.71 bits per heavy atom. The highest BCUT2D eigenvalue weighted by atomic mass is 32.2. The Labute approximate surface area is 190 Å². The van der Waals surface area contributed by atoms with Gasteiger partial charge in [0.1, 0.15) is 4.32 Å². The lowest BCUT2D eigenvalue weighted by atomic mass is 10.1. The zero-order valence-electron chi connectivity index (χ0n) is 17.5. The number of anilines is 1. The maximum Gasteiger partial charge on any atom is 0.267 e. The van der Waals surface area contributed by atoms with Crippen molar-refractivity contribution in [3.05, 3.63) is 58.5 Å². The molecular weight excluding hydrogens is 432 g/mol. The third kappa shape index (κ3) is 3.70. The summed E-state index contributed by atoms with van der Waals surface area (Å²) in [6.45, 7) is 2.88. The van der Waals surface area contributed by atoms with Crippen LogP contribution in [0.2, 0.25) is 0 Å². The van der Waals surface area contributed by atoms with Crippen LogP contribution in [0.5, 0.6) is 11.5 Å². The van der Waals surface area contributed by atoms with Crippen LogP contribution in [-0.4, -0.2) is 48.3 Å². The van der Waals surface area contributed by atoms with Gasteiger partial charge in [-0.15, -0.1) is 0 Å². The molecule has 0 radical (unpaired) electrons. The number of likely N-dealkylation sites (N-methyl/N-ethyl adjacent to an activating group) is 1. The molecule has 0 spiro atoms. The lowest BCUT2D eigenvalue weighted by molar-refractivity contribution is -0.122. The van der Waals surface area contributed by atoms with Crippen molar-refractivity contribution in [3.63, 3.8) is 0 Å². The van der Waals surface area contributed by atoms with Gasteiger partial charge in [0.15, 0.2) is 11.5 Å². The molecule has 1 fully saturated rings. The zero-order valence-corrected chi connectivity index (χ0v) is 19.1. The van der Waals surface area contributed by atoms with Crippen LogP contribution in [0.25, 0.3) is 5.57 Å². The highest BCUT2D eigenvalue weighted by Gasteiger charge is 2.41. The van der Waals surface area contributed by atoms with Gasteiger partial charge in [-0.3, -0.25) is 14.5 Å². The fraction of sp³-hybridized carbons (Fsp3) is 0.261. The van der Waals surface area contributed by atoms with Gasteiger partial charge >= 0.3 is 0 Å². The molecule has 2 heterocycles. The van der Waals surface area contributed by atoms with Crippen molar-refractivity contribution in [3.8, 4) is 11.5 Å². The number of amides is 2. The number of ether oxygens (including phenoxy) is 2. The number of rotatable bonds is 6. The summed E-state index contributed by atoms with van der Waals surface area (Å²) in [5.74, 6) is 0.927. The predicted octanol–water partition coefficient (Wildman–Crippen LogP) is 3.88. The second kappa shape index (κ2) is 8.72. The van der Waals surface area contributed by atoms with E-state index in [4.69, 9.17) is 21.7 Å². The van der Waals surface area contributed by atoms with E-state index in [0.29, 0.717) is 45.8 Å². The quantitative estimate of drug-likeness (QED) is 0.488. The van der Waals surface area contributed by atoms with Crippen molar-refractivity contribution in [2.24, 2.45) is 0 Å². The number of para-hydroxylation sites is 1. The van der Waals surface area contributed by atoms with Crippen LogP contribution in [0.3, 0.4) is 0 Å². The standard InChI is InChI=1S/C23H22N2O4S2/c1-4-24-16-8-6-5-7-15(16)19(21(24)26)20-22(27)25(23(30)31-20)12-11-14-9-10-17(28-2)18(13-14)29-3/h5-10,13H,4,11-12H2,1-3H3/b20-19-. The first-order chi connectivity index (χ1) is 15.0. The topological polar surface area (TPSA) is 59.1 Å². The van der Waals surface area contributed by atoms with E-state index in [0.717, 1.165) is 16.8 Å². The lowest BCUT2D eigenvalue weighted by Gasteiger charge is -2.15. The summed E-state index contributed by atoms with van der Waals surface area (Å²) >= 11 is 6.70. The summed E-state index contributed by atoms with van der Waals surface area (Å²) in [6.07, 6.45) is 0.598. The fourth-order valence-corrected chi connectivity index (χ4v) is 5.21. The van der Waals surface area contributed by atoms with Gasteiger partial charge in [0, 0.05) is 18.7 Å². The van der Waals surface area contributed by atoms with Crippen molar-refractivity contribution in [2.75, 3.05) is 32.2 Å². The summed E-state index contributed by atoms with van der Waals surface area (Å²) in [5.41, 5.74) is 3.07. The zero-order chi connectivity index (χ0) is 22.1. The predicted molar refractivity (Wildman–Crippen MR) is 127 cm³/mol. The third-order valence-corrected chi connectivity index (χ3v) is 6.84. The average Bonchev–Trinajstić information content (AvgIpc) is 3.23. The Morgan fingerprint density at radius 3 is 2.42 bits per heavy atom. The van der Waals surface area contributed by atoms with Crippen molar-refractivity contribution in [1.29, 1.82) is 0 Å². The molecule has 160 valence electrons. The molecule has 0 aromatic heterocycles. The largest absolute Gasteiger partial charge is 0.493 e. The van der Waals surface area contributed by atoms with Gasteiger partial charge in [-0.2, -0.15) is 0 Å². The Balaban J connectivity index is 1.59. The van der Waals surface area contributed by atoms with Gasteiger partial charge in [0.2, 0.25) is 0 Å². The third-order valence-electron chi connectivity index (χ3n) is 5.39. The Kier molecular flexibility index (Phi) is 6.02. The van der Waals surface area contributed by atoms with Crippen LogP contribution in [0.15, 0.2) is 47.4 Å². The van der Waals surface area contributed by atoms with E-state index in [2.05, 4.69) is 0 Å². The Bertz CT molecular complexity index is 1110. The van der Waals surface area contributed by atoms with Crippen LogP contribution < -0.4 is 14.4 Å². The lowest BCUT2D eigenvalue weighted by Crippen LogP contribution is -2.31. The number of carbonyl (C=O) groups is 2. The van der Waals surface area contributed by atoms with Crippen molar-refractivity contribution < 1.29 is 19.1 Å². The van der Waals surface area contributed by atoms with E-state index in [1.54, 1.807) is 24.0 Å². The molecule has 0 N–H and O–H groups in total. The number of carbonyl (C=O) groups excluding carboxylic acids is 2. The van der Waals surface area contributed by atoms with Crippen molar-refractivity contribution in [1.82, 2.24) is 4.90 Å². The molecule has 8 heteroatoms. The molecule has 1 saturated heterocycles. The second-order valence-electron chi connectivity index (χ2n) is 7.03. The van der Waals surface area contributed by atoms with E-state index in [1.165, 1.54) is 11.8 Å². The Hall–Kier alpha value is -2.84. The monoisotopic (exact) mass is 454 g/mol. The molecule has 31 heavy (non-hydrogen) atoms. The van der Waals surface area contributed by atoms with Crippen molar-refractivity contribution >= 4 is 51.4 Å². The molecule has 2 aromatic carbocycles. The Morgan fingerprint density at radius 1 is 0.968 bits per heavy atom. The summed E-state index contributed by atoms with van der Waals surface area (Å²) in [4.78, 5) is 30.0. The van der Waals surface area contributed by atoms with Crippen LogP contribution in [-0.2, 0) is 16.0 Å². The van der Waals surface area contributed by atoms with Gasteiger partial charge < -0.3 is 14.4 Å². The number of hydrogen-bond acceptors (Lipinski definition) is 6. The molecule has 2 aliphatic rings. The number of thioether (sulfide) groups is 1. The van der Waals surface area contributed by atoms with Gasteiger partial charge in [0.25, 0.3) is 11.8 Å². The van der Waals surface area contributed by atoms with E-state index in [9.17, 15) is 9.59 Å². The van der Waals surface area contributed by atoms with E-state index in [1.807, 2.05) is 49.4 Å². The number of nitrogens with zero attached hydrogens (tertiary/aromatic N) is 2. The molecule has 2 amide bonds. The summed E-state index contributed by atoms with van der Waals surface area (Å²) in [6, 6.07) is 13.2. The highest BCUT2D eigenvalue weighted by molar-refractivity contribution is 8.26. The summed E-state index contributed by atoms with van der Waals surface area (Å²) in [5, 5.41) is 0. The van der Waals surface area contributed by atoms with Gasteiger partial charge in [-0.1, -0.05) is 48.2 Å². The summed E-state index contributed by atoms with van der Waals surface area (Å²) in [7, 11) is 3.18. The van der Waals surface area contributed by atoms with E-state index < -0.39 is 0 Å². The molecule has 2 aromatic rings. The maximum atomic E-state index is 13.2. The van der Waals surface area contributed by atoms with Crippen LogP contribution >= 0.6 is 24.0 Å². The molecule has 0 unspecified atom stereocenters. The number of methoxy groups -OCH3 is 2. The molecule has 2 aliphatic heterocycles. The number of benzene rings is 2. The van der Waals surface area contributed by atoms with Crippen LogP contribution in [0.1, 0.15) is 18.1 Å². The number of hydrogen-bond donors (Lipinski definition) is 0. The number of thiocarbonyl (C=S) groups is 1. The van der Waals surface area contributed by atoms with Crippen LogP contribution in [0, 0.1) is 0 Å². The maximum absolute atomic E-state index is 13.2. The SMILES string of the molecule is CCN1C(=O)/C(=C2\SC(=S)N(CCc3ccc(OC)c(OC)c3)C2=O)c2ccccc21. The van der Waals surface area contributed by atoms with E-state index >= 15 is 0 Å². The first-order valence-corrected chi connectivity index (χ1v) is 11.1. The summed E-state index contributed by atoms with van der Waals surface area (Å²) < 4.78 is 11.1. The minimum atomic E-state index is -0.216. The smallest absolute Gasteiger partial charge is 0.267 e. The molecular formula is C23H22N2O4S2. The first kappa shape index (κ1) is 21.4. The molecule has 0 bridgehead atoms. The molecule has 0 atom stereocenters. The molecule has 0 aliphatic carbocycles. The average molecular weight is 455 g/mol. The van der Waals surface area contributed by atoms with E-state index in [-0.39, 0.29) is 11.8 Å². The normalized spacial score (nSPS) is 18.1. The first-order valence-electron chi connectivity index (χ1n) is 9.90. The highest BCUT2D eigenvalue weighted by Crippen LogP contribution is 2.44. The molecule has 0 saturated carbocycles. The minimum Gasteiger partial charge on any atom is -0.493 e.